The SMILES string of the molecule is Cc1c(O)c(=O)ccn1CC(=O)N1CC(Oc2ccc3c(c2C(=O)O)O[B-](O)(O)[C@@H]2CC32)C1. The summed E-state index contributed by atoms with van der Waals surface area (Å²) in [4.78, 5) is 37.5. The van der Waals surface area contributed by atoms with Crippen molar-refractivity contribution < 1.29 is 39.2 Å². The van der Waals surface area contributed by atoms with Crippen LogP contribution in [0.25, 0.3) is 0 Å². The molecule has 11 nitrogen and oxygen atoms in total. The van der Waals surface area contributed by atoms with Crippen LogP contribution in [0, 0.1) is 6.92 Å². The van der Waals surface area contributed by atoms with Gasteiger partial charge in [-0.3, -0.25) is 9.59 Å². The molecule has 3 aliphatic rings. The molecule has 12 heteroatoms. The number of benzene rings is 1. The highest BCUT2D eigenvalue weighted by Crippen LogP contribution is 2.63. The van der Waals surface area contributed by atoms with Gasteiger partial charge in [-0.25, -0.2) is 4.79 Å². The van der Waals surface area contributed by atoms with Crippen LogP contribution in [-0.4, -0.2) is 67.6 Å². The van der Waals surface area contributed by atoms with Crippen LogP contribution < -0.4 is 14.8 Å². The monoisotopic (exact) mass is 457 g/mol. The molecule has 1 saturated heterocycles. The van der Waals surface area contributed by atoms with Crippen molar-refractivity contribution in [3.63, 3.8) is 0 Å². The maximum atomic E-state index is 12.5. The fourth-order valence-electron chi connectivity index (χ4n) is 4.59. The number of carbonyl (C=O) groups excluding carboxylic acids is 1. The van der Waals surface area contributed by atoms with Gasteiger partial charge in [-0.15, -0.1) is 0 Å². The molecule has 2 fully saturated rings. The smallest absolute Gasteiger partial charge is 0.434 e. The molecule has 2 aromatic rings. The number of amides is 1. The van der Waals surface area contributed by atoms with E-state index in [9.17, 15) is 34.6 Å². The van der Waals surface area contributed by atoms with Gasteiger partial charge in [0.2, 0.25) is 11.3 Å². The Balaban J connectivity index is 1.28. The third kappa shape index (κ3) is 3.51. The fraction of sp³-hybridized carbons (Fsp3) is 0.381. The van der Waals surface area contributed by atoms with Crippen molar-refractivity contribution in [1.29, 1.82) is 0 Å². The molecule has 3 heterocycles. The van der Waals surface area contributed by atoms with Crippen LogP contribution in [-0.2, 0) is 11.3 Å². The molecular formula is C21H22BN2O9-. The molecule has 0 bridgehead atoms. The Bertz CT molecular complexity index is 1230. The van der Waals surface area contributed by atoms with Gasteiger partial charge < -0.3 is 39.1 Å². The summed E-state index contributed by atoms with van der Waals surface area (Å²) in [6, 6.07) is 4.40. The van der Waals surface area contributed by atoms with Crippen LogP contribution in [0.2, 0.25) is 5.82 Å². The van der Waals surface area contributed by atoms with E-state index >= 15 is 0 Å². The number of nitrogens with zero attached hydrogens (tertiary/aromatic N) is 2. The summed E-state index contributed by atoms with van der Waals surface area (Å²) in [6.07, 6.45) is 1.50. The summed E-state index contributed by atoms with van der Waals surface area (Å²) in [6.45, 7) is -1.22. The van der Waals surface area contributed by atoms with Gasteiger partial charge in [0.1, 0.15) is 24.0 Å². The maximum absolute atomic E-state index is 12.5. The molecule has 1 aromatic heterocycles. The number of pyridine rings is 1. The lowest BCUT2D eigenvalue weighted by atomic mass is 9.68. The summed E-state index contributed by atoms with van der Waals surface area (Å²) in [5.41, 5.74) is 0.120. The molecule has 1 aliphatic carbocycles. The lowest BCUT2D eigenvalue weighted by Crippen LogP contribution is -2.57. The first-order valence-corrected chi connectivity index (χ1v) is 10.6. The van der Waals surface area contributed by atoms with Crippen molar-refractivity contribution in [2.45, 2.75) is 37.7 Å². The Kier molecular flexibility index (Phi) is 4.69. The quantitative estimate of drug-likeness (QED) is 0.454. The third-order valence-electron chi connectivity index (χ3n) is 6.66. The highest BCUT2D eigenvalue weighted by Gasteiger charge is 2.55. The van der Waals surface area contributed by atoms with Crippen LogP contribution in [0.1, 0.15) is 34.0 Å². The first-order chi connectivity index (χ1) is 15.6. The molecular weight excluding hydrogens is 435 g/mol. The number of fused-ring (bicyclic) bond motifs is 3. The standard InChI is InChI=1S/C21H22BN2O9/c1-10-19(27)15(25)4-5-23(10)9-17(26)24-7-11(8-24)32-16-3-2-12-13-6-14(13)22(30,31)33-20(12)18(16)21(28)29/h2-5,11,13-14,27,30-31H,6-9H2,1H3,(H,28,29)/q-1/t13?,14-/m1/s1. The Morgan fingerprint density at radius 1 is 1.24 bits per heavy atom. The number of carboxylic acid groups (broad SMARTS) is 1. The van der Waals surface area contributed by atoms with E-state index in [0.717, 1.165) is 0 Å². The predicted octanol–water partition coefficient (Wildman–Crippen LogP) is 0.0237. The van der Waals surface area contributed by atoms with E-state index in [-0.39, 0.29) is 54.2 Å². The number of hydrogen-bond donors (Lipinski definition) is 4. The summed E-state index contributed by atoms with van der Waals surface area (Å²) in [5.74, 6) is -2.59. The lowest BCUT2D eigenvalue weighted by molar-refractivity contribution is -0.140. The molecule has 33 heavy (non-hydrogen) atoms. The van der Waals surface area contributed by atoms with E-state index in [1.165, 1.54) is 34.7 Å². The topological polar surface area (TPSA) is 159 Å². The highest BCUT2D eigenvalue weighted by atomic mass is 16.6. The number of ether oxygens (including phenoxy) is 1. The van der Waals surface area contributed by atoms with Crippen LogP contribution in [0.4, 0.5) is 0 Å². The molecule has 5 rings (SSSR count). The molecule has 1 unspecified atom stereocenters. The zero-order valence-corrected chi connectivity index (χ0v) is 17.7. The van der Waals surface area contributed by atoms with Crippen LogP contribution >= 0.6 is 0 Å². The van der Waals surface area contributed by atoms with E-state index in [2.05, 4.69) is 0 Å². The number of aromatic hydroxyl groups is 1. The van der Waals surface area contributed by atoms with Gasteiger partial charge in [-0.05, 0) is 24.5 Å². The second kappa shape index (κ2) is 7.25. The van der Waals surface area contributed by atoms with E-state index < -0.39 is 35.8 Å². The Morgan fingerprint density at radius 3 is 2.67 bits per heavy atom. The minimum absolute atomic E-state index is 0.0326. The minimum Gasteiger partial charge on any atom is -0.669 e. The second-order valence-electron chi connectivity index (χ2n) is 8.83. The van der Waals surface area contributed by atoms with Crippen LogP contribution in [0.3, 0.4) is 0 Å². The number of rotatable bonds is 5. The van der Waals surface area contributed by atoms with E-state index in [1.54, 1.807) is 6.07 Å². The van der Waals surface area contributed by atoms with Crippen molar-refractivity contribution in [2.75, 3.05) is 13.1 Å². The predicted molar refractivity (Wildman–Crippen MR) is 113 cm³/mol. The summed E-state index contributed by atoms with van der Waals surface area (Å²) >= 11 is 0. The molecule has 0 spiro atoms. The summed E-state index contributed by atoms with van der Waals surface area (Å²) in [5, 5.41) is 39.7. The van der Waals surface area contributed by atoms with Gasteiger partial charge in [-0.1, -0.05) is 18.3 Å². The maximum Gasteiger partial charge on any atom is 0.434 e. The summed E-state index contributed by atoms with van der Waals surface area (Å²) in [7, 11) is 0. The molecule has 4 N–H and O–H groups in total. The van der Waals surface area contributed by atoms with Gasteiger partial charge in [0, 0.05) is 12.3 Å². The first-order valence-electron chi connectivity index (χ1n) is 10.6. The fourth-order valence-corrected chi connectivity index (χ4v) is 4.59. The van der Waals surface area contributed by atoms with Gasteiger partial charge in [-0.2, -0.15) is 0 Å². The van der Waals surface area contributed by atoms with Gasteiger partial charge in [0.15, 0.2) is 5.75 Å². The lowest BCUT2D eigenvalue weighted by Gasteiger charge is -2.40. The number of carboxylic acids is 1. The van der Waals surface area contributed by atoms with Crippen LogP contribution in [0.15, 0.2) is 29.2 Å². The first kappa shape index (κ1) is 21.3. The Labute approximate surface area is 187 Å². The number of hydrogen-bond acceptors (Lipinski definition) is 8. The Morgan fingerprint density at radius 2 is 1.97 bits per heavy atom. The molecule has 174 valence electrons. The second-order valence-corrected chi connectivity index (χ2v) is 8.83. The minimum atomic E-state index is -3.13. The van der Waals surface area contributed by atoms with E-state index in [1.807, 2.05) is 0 Å². The largest absolute Gasteiger partial charge is 0.669 e. The number of aromatic nitrogens is 1. The van der Waals surface area contributed by atoms with Crippen molar-refractivity contribution >= 4 is 18.6 Å². The van der Waals surface area contributed by atoms with Crippen LogP contribution in [0.5, 0.6) is 17.2 Å². The van der Waals surface area contributed by atoms with Crippen molar-refractivity contribution in [3.05, 3.63) is 51.4 Å². The zero-order chi connectivity index (χ0) is 23.7. The number of aromatic carboxylic acids is 1. The van der Waals surface area contributed by atoms with E-state index in [4.69, 9.17) is 9.39 Å². The van der Waals surface area contributed by atoms with Crippen molar-refractivity contribution in [1.82, 2.24) is 9.47 Å². The van der Waals surface area contributed by atoms with Crippen molar-refractivity contribution in [3.8, 4) is 17.2 Å². The average Bonchev–Trinajstić information content (AvgIpc) is 3.52. The van der Waals surface area contributed by atoms with Crippen molar-refractivity contribution in [2.24, 2.45) is 0 Å². The van der Waals surface area contributed by atoms with Gasteiger partial charge in [0.25, 0.3) is 0 Å². The molecule has 1 saturated carbocycles. The molecule has 1 aromatic carbocycles. The molecule has 1 amide bonds. The zero-order valence-electron chi connectivity index (χ0n) is 17.7. The Hall–Kier alpha value is -3.51. The highest BCUT2D eigenvalue weighted by molar-refractivity contribution is 6.62. The van der Waals surface area contributed by atoms with Gasteiger partial charge >= 0.3 is 12.7 Å². The number of likely N-dealkylation sites (tertiary alicyclic amines) is 1. The van der Waals surface area contributed by atoms with E-state index in [0.29, 0.717) is 12.0 Å². The average molecular weight is 457 g/mol. The number of carbonyl (C=O) groups is 2. The normalized spacial score (nSPS) is 22.5. The molecule has 2 aliphatic heterocycles. The summed E-state index contributed by atoms with van der Waals surface area (Å²) < 4.78 is 12.6. The van der Waals surface area contributed by atoms with Gasteiger partial charge in [0.05, 0.1) is 24.5 Å². The third-order valence-corrected chi connectivity index (χ3v) is 6.66. The molecule has 0 radical (unpaired) electrons. The molecule has 2 atom stereocenters.